The first kappa shape index (κ1) is 18.9. The minimum absolute atomic E-state index is 0.0369. The number of aromatic amines is 1. The number of piperidine rings is 1. The van der Waals surface area contributed by atoms with E-state index in [0.29, 0.717) is 48.7 Å². The molecule has 1 saturated heterocycles. The molecule has 0 radical (unpaired) electrons. The minimum Gasteiger partial charge on any atom is -0.342 e. The molecule has 2 aliphatic heterocycles. The van der Waals surface area contributed by atoms with Gasteiger partial charge in [-0.2, -0.15) is 0 Å². The molecule has 0 unspecified atom stereocenters. The van der Waals surface area contributed by atoms with Crippen molar-refractivity contribution in [2.45, 2.75) is 45.1 Å². The Morgan fingerprint density at radius 2 is 2.18 bits per heavy atom. The minimum atomic E-state index is -0.164. The molecular formula is C20H24N4O3S. The van der Waals surface area contributed by atoms with Gasteiger partial charge in [-0.05, 0) is 24.3 Å². The normalized spacial score (nSPS) is 19.4. The van der Waals surface area contributed by atoms with Gasteiger partial charge < -0.3 is 14.8 Å². The first-order valence-corrected chi connectivity index (χ1v) is 10.7. The maximum absolute atomic E-state index is 12.7. The lowest BCUT2D eigenvalue weighted by atomic mass is 9.96. The topological polar surface area (TPSA) is 86.4 Å². The van der Waals surface area contributed by atoms with Gasteiger partial charge in [-0.1, -0.05) is 13.0 Å². The third-order valence-corrected chi connectivity index (χ3v) is 6.43. The van der Waals surface area contributed by atoms with Crippen LogP contribution in [0.25, 0.3) is 0 Å². The summed E-state index contributed by atoms with van der Waals surface area (Å²) >= 11 is 1.41. The van der Waals surface area contributed by atoms with Gasteiger partial charge in [0.15, 0.2) is 0 Å². The molecule has 4 heterocycles. The van der Waals surface area contributed by atoms with Crippen LogP contribution >= 0.6 is 11.3 Å². The molecule has 1 atom stereocenters. The Kier molecular flexibility index (Phi) is 5.30. The van der Waals surface area contributed by atoms with E-state index in [2.05, 4.69) is 4.98 Å². The summed E-state index contributed by atoms with van der Waals surface area (Å²) < 4.78 is 0. The number of carbonyl (C=O) groups excluding carboxylic acids is 2. The van der Waals surface area contributed by atoms with Crippen molar-refractivity contribution in [3.63, 3.8) is 0 Å². The van der Waals surface area contributed by atoms with Crippen LogP contribution in [0.15, 0.2) is 22.3 Å². The largest absolute Gasteiger partial charge is 0.342 e. The Balaban J connectivity index is 1.54. The molecule has 8 heteroatoms. The Hall–Kier alpha value is -2.48. The highest BCUT2D eigenvalue weighted by atomic mass is 32.1. The SMILES string of the molecule is CCC(=O)N1CCC[C@H](c2nc3c(c(=O)[nH]2)CN(C(=O)c2cccs2)CC3)C1. The van der Waals surface area contributed by atoms with Crippen molar-refractivity contribution in [2.24, 2.45) is 0 Å². The van der Waals surface area contributed by atoms with Gasteiger partial charge in [0.1, 0.15) is 5.82 Å². The summed E-state index contributed by atoms with van der Waals surface area (Å²) in [5, 5.41) is 1.88. The molecule has 0 saturated carbocycles. The summed E-state index contributed by atoms with van der Waals surface area (Å²) in [7, 11) is 0. The molecule has 28 heavy (non-hydrogen) atoms. The van der Waals surface area contributed by atoms with Gasteiger partial charge in [0.2, 0.25) is 5.91 Å². The van der Waals surface area contributed by atoms with E-state index in [-0.39, 0.29) is 23.3 Å². The number of H-pyrrole nitrogens is 1. The summed E-state index contributed by atoms with van der Waals surface area (Å²) in [4.78, 5) is 49.3. The quantitative estimate of drug-likeness (QED) is 0.855. The van der Waals surface area contributed by atoms with Crippen molar-refractivity contribution < 1.29 is 9.59 Å². The van der Waals surface area contributed by atoms with Gasteiger partial charge >= 0.3 is 0 Å². The van der Waals surface area contributed by atoms with Crippen LogP contribution in [0.1, 0.15) is 58.9 Å². The molecule has 1 N–H and O–H groups in total. The first-order chi connectivity index (χ1) is 13.6. The van der Waals surface area contributed by atoms with Crippen LogP contribution in [0.5, 0.6) is 0 Å². The molecule has 0 aliphatic carbocycles. The number of thiophene rings is 1. The molecule has 4 rings (SSSR count). The summed E-state index contributed by atoms with van der Waals surface area (Å²) in [5.41, 5.74) is 1.20. The Labute approximate surface area is 167 Å². The fourth-order valence-electron chi connectivity index (χ4n) is 4.02. The van der Waals surface area contributed by atoms with E-state index in [9.17, 15) is 14.4 Å². The van der Waals surface area contributed by atoms with Gasteiger partial charge in [0.25, 0.3) is 11.5 Å². The van der Waals surface area contributed by atoms with Gasteiger partial charge in [-0.3, -0.25) is 14.4 Å². The van der Waals surface area contributed by atoms with Crippen LogP contribution in [0.4, 0.5) is 0 Å². The number of aromatic nitrogens is 2. The maximum Gasteiger partial charge on any atom is 0.264 e. The molecular weight excluding hydrogens is 376 g/mol. The average molecular weight is 401 g/mol. The zero-order valence-electron chi connectivity index (χ0n) is 15.9. The van der Waals surface area contributed by atoms with Gasteiger partial charge in [0, 0.05) is 38.4 Å². The highest BCUT2D eigenvalue weighted by Gasteiger charge is 2.29. The molecule has 0 spiro atoms. The number of rotatable bonds is 3. The fourth-order valence-corrected chi connectivity index (χ4v) is 4.71. The molecule has 2 amide bonds. The first-order valence-electron chi connectivity index (χ1n) is 9.79. The number of nitrogens with one attached hydrogen (secondary N) is 1. The van der Waals surface area contributed by atoms with E-state index < -0.39 is 0 Å². The van der Waals surface area contributed by atoms with Crippen LogP contribution in [-0.2, 0) is 17.8 Å². The molecule has 0 aromatic carbocycles. The second kappa shape index (κ2) is 7.87. The monoisotopic (exact) mass is 400 g/mol. The number of hydrogen-bond donors (Lipinski definition) is 1. The summed E-state index contributed by atoms with van der Waals surface area (Å²) in [6, 6.07) is 3.66. The molecule has 1 fully saturated rings. The second-order valence-corrected chi connectivity index (χ2v) is 8.31. The maximum atomic E-state index is 12.7. The average Bonchev–Trinajstić information content (AvgIpc) is 3.27. The lowest BCUT2D eigenvalue weighted by Gasteiger charge is -2.33. The Bertz CT molecular complexity index is 937. The van der Waals surface area contributed by atoms with Crippen molar-refractivity contribution in [3.05, 3.63) is 49.8 Å². The van der Waals surface area contributed by atoms with E-state index in [1.807, 2.05) is 23.3 Å². The van der Waals surface area contributed by atoms with Crippen molar-refractivity contribution >= 4 is 23.2 Å². The van der Waals surface area contributed by atoms with Crippen LogP contribution < -0.4 is 5.56 Å². The number of amides is 2. The molecule has 2 aromatic rings. The van der Waals surface area contributed by atoms with E-state index in [1.54, 1.807) is 11.0 Å². The van der Waals surface area contributed by atoms with E-state index in [4.69, 9.17) is 4.98 Å². The van der Waals surface area contributed by atoms with Gasteiger partial charge in [0.05, 0.1) is 22.7 Å². The lowest BCUT2D eigenvalue weighted by molar-refractivity contribution is -0.132. The summed E-state index contributed by atoms with van der Waals surface area (Å²) in [6.07, 6.45) is 2.90. The predicted molar refractivity (Wildman–Crippen MR) is 106 cm³/mol. The van der Waals surface area contributed by atoms with E-state index in [1.165, 1.54) is 11.3 Å². The van der Waals surface area contributed by atoms with Crippen molar-refractivity contribution in [1.82, 2.24) is 19.8 Å². The number of nitrogens with zero attached hydrogens (tertiary/aromatic N) is 3. The molecule has 148 valence electrons. The number of likely N-dealkylation sites (tertiary alicyclic amines) is 1. The summed E-state index contributed by atoms with van der Waals surface area (Å²) in [6.45, 7) is 4.11. The smallest absolute Gasteiger partial charge is 0.264 e. The molecule has 2 aromatic heterocycles. The Morgan fingerprint density at radius 3 is 2.93 bits per heavy atom. The highest BCUT2D eigenvalue weighted by molar-refractivity contribution is 7.12. The van der Waals surface area contributed by atoms with Crippen molar-refractivity contribution in [1.29, 1.82) is 0 Å². The van der Waals surface area contributed by atoms with Crippen LogP contribution in [0, 0.1) is 0 Å². The highest BCUT2D eigenvalue weighted by Crippen LogP contribution is 2.26. The standard InChI is InChI=1S/C20H24N4O3S/c1-2-17(25)23-8-3-5-13(11-23)18-21-15-7-9-24(12-14(15)19(26)22-18)20(27)16-6-4-10-28-16/h4,6,10,13H,2-3,5,7-9,11-12H2,1H3,(H,21,22,26)/t13-/m0/s1. The van der Waals surface area contributed by atoms with Crippen LogP contribution in [-0.4, -0.2) is 51.2 Å². The lowest BCUT2D eigenvalue weighted by Crippen LogP contribution is -2.41. The van der Waals surface area contributed by atoms with Crippen LogP contribution in [0.2, 0.25) is 0 Å². The fraction of sp³-hybridized carbons (Fsp3) is 0.500. The predicted octanol–water partition coefficient (Wildman–Crippen LogP) is 2.15. The molecule has 2 aliphatic rings. The van der Waals surface area contributed by atoms with E-state index >= 15 is 0 Å². The Morgan fingerprint density at radius 1 is 1.32 bits per heavy atom. The number of hydrogen-bond acceptors (Lipinski definition) is 5. The van der Waals surface area contributed by atoms with Gasteiger partial charge in [-0.25, -0.2) is 4.98 Å². The van der Waals surface area contributed by atoms with E-state index in [0.717, 1.165) is 25.1 Å². The number of fused-ring (bicyclic) bond motifs is 1. The zero-order chi connectivity index (χ0) is 19.7. The van der Waals surface area contributed by atoms with Crippen molar-refractivity contribution in [2.75, 3.05) is 19.6 Å². The molecule has 0 bridgehead atoms. The van der Waals surface area contributed by atoms with Crippen molar-refractivity contribution in [3.8, 4) is 0 Å². The third kappa shape index (κ3) is 3.61. The number of carbonyl (C=O) groups is 2. The molecule has 7 nitrogen and oxygen atoms in total. The third-order valence-electron chi connectivity index (χ3n) is 5.57. The second-order valence-electron chi connectivity index (χ2n) is 7.36. The summed E-state index contributed by atoms with van der Waals surface area (Å²) in [5.74, 6) is 0.848. The van der Waals surface area contributed by atoms with Gasteiger partial charge in [-0.15, -0.1) is 11.3 Å². The zero-order valence-corrected chi connectivity index (χ0v) is 16.8. The van der Waals surface area contributed by atoms with Crippen LogP contribution in [0.3, 0.4) is 0 Å².